The predicted octanol–water partition coefficient (Wildman–Crippen LogP) is 3.18. The van der Waals surface area contributed by atoms with Crippen molar-refractivity contribution in [3.05, 3.63) is 65.2 Å². The molecule has 4 nitrogen and oxygen atoms in total. The Balaban J connectivity index is 2.01. The molecule has 0 fully saturated rings. The minimum atomic E-state index is -0.152. The molecule has 0 unspecified atom stereocenters. The number of nitrogens with one attached hydrogen (secondary N) is 1. The van der Waals surface area contributed by atoms with E-state index in [1.165, 1.54) is 0 Å². The second kappa shape index (κ2) is 7.79. The van der Waals surface area contributed by atoms with E-state index >= 15 is 0 Å². The standard InChI is InChI=1S/C19H24N2O2/c1-14-7-5-6-8-17(14)18(23-4)13-20-19(22)15-9-11-16(12-10-15)21(2)3/h5-12,18H,13H2,1-4H3,(H,20,22)/t18-/m0/s1. The Hall–Kier alpha value is -2.33. The SMILES string of the molecule is CO[C@@H](CNC(=O)c1ccc(N(C)C)cc1)c1ccccc1C. The van der Waals surface area contributed by atoms with Gasteiger partial charge in [0.1, 0.15) is 0 Å². The quantitative estimate of drug-likeness (QED) is 0.891. The minimum Gasteiger partial charge on any atom is -0.378 e. The molecule has 2 aromatic carbocycles. The molecule has 23 heavy (non-hydrogen) atoms. The van der Waals surface area contributed by atoms with E-state index in [9.17, 15) is 4.79 Å². The normalized spacial score (nSPS) is 11.8. The first-order valence-corrected chi connectivity index (χ1v) is 7.67. The maximum Gasteiger partial charge on any atom is 0.251 e. The van der Waals surface area contributed by atoms with Crippen LogP contribution in [0.3, 0.4) is 0 Å². The zero-order valence-electron chi connectivity index (χ0n) is 14.2. The van der Waals surface area contributed by atoms with Gasteiger partial charge < -0.3 is 15.0 Å². The number of methoxy groups -OCH3 is 1. The van der Waals surface area contributed by atoms with Gasteiger partial charge in [-0.1, -0.05) is 24.3 Å². The first kappa shape index (κ1) is 17.0. The number of ether oxygens (including phenoxy) is 1. The molecule has 0 spiro atoms. The van der Waals surface area contributed by atoms with E-state index in [1.54, 1.807) is 7.11 Å². The van der Waals surface area contributed by atoms with Crippen molar-refractivity contribution in [2.45, 2.75) is 13.0 Å². The summed E-state index contributed by atoms with van der Waals surface area (Å²) in [5.74, 6) is -0.0917. The minimum absolute atomic E-state index is 0.0917. The van der Waals surface area contributed by atoms with Gasteiger partial charge in [0.05, 0.1) is 6.10 Å². The van der Waals surface area contributed by atoms with E-state index in [0.29, 0.717) is 12.1 Å². The summed E-state index contributed by atoms with van der Waals surface area (Å²) in [7, 11) is 5.61. The molecular formula is C19H24N2O2. The number of nitrogens with zero attached hydrogens (tertiary/aromatic N) is 1. The van der Waals surface area contributed by atoms with Crippen molar-refractivity contribution in [3.63, 3.8) is 0 Å². The number of hydrogen-bond donors (Lipinski definition) is 1. The molecule has 1 N–H and O–H groups in total. The molecule has 0 saturated heterocycles. The maximum absolute atomic E-state index is 12.3. The van der Waals surface area contributed by atoms with Crippen LogP contribution in [-0.4, -0.2) is 33.7 Å². The van der Waals surface area contributed by atoms with Crippen molar-refractivity contribution in [2.75, 3.05) is 32.6 Å². The highest BCUT2D eigenvalue weighted by molar-refractivity contribution is 5.94. The summed E-state index contributed by atoms with van der Waals surface area (Å²) in [5.41, 5.74) is 3.97. The van der Waals surface area contributed by atoms with Crippen molar-refractivity contribution in [2.24, 2.45) is 0 Å². The van der Waals surface area contributed by atoms with E-state index in [0.717, 1.165) is 16.8 Å². The zero-order chi connectivity index (χ0) is 16.8. The maximum atomic E-state index is 12.3. The fourth-order valence-corrected chi connectivity index (χ4v) is 2.47. The van der Waals surface area contributed by atoms with Crippen LogP contribution in [0.25, 0.3) is 0 Å². The summed E-state index contributed by atoms with van der Waals surface area (Å²) in [6, 6.07) is 15.6. The Morgan fingerprint density at radius 2 is 1.78 bits per heavy atom. The fourth-order valence-electron chi connectivity index (χ4n) is 2.47. The van der Waals surface area contributed by atoms with Crippen LogP contribution >= 0.6 is 0 Å². The van der Waals surface area contributed by atoms with E-state index in [-0.39, 0.29) is 12.0 Å². The number of carbonyl (C=O) groups is 1. The highest BCUT2D eigenvalue weighted by Gasteiger charge is 2.14. The summed E-state index contributed by atoms with van der Waals surface area (Å²) in [6.07, 6.45) is -0.152. The van der Waals surface area contributed by atoms with Gasteiger partial charge in [0.2, 0.25) is 0 Å². The van der Waals surface area contributed by atoms with Gasteiger partial charge in [-0.2, -0.15) is 0 Å². The van der Waals surface area contributed by atoms with Crippen LogP contribution in [0.2, 0.25) is 0 Å². The van der Waals surface area contributed by atoms with Crippen LogP contribution in [0, 0.1) is 6.92 Å². The highest BCUT2D eigenvalue weighted by atomic mass is 16.5. The molecule has 1 atom stereocenters. The summed E-state index contributed by atoms with van der Waals surface area (Å²) < 4.78 is 5.53. The van der Waals surface area contributed by atoms with Gasteiger partial charge in [-0.25, -0.2) is 0 Å². The number of rotatable bonds is 6. The monoisotopic (exact) mass is 312 g/mol. The lowest BCUT2D eigenvalue weighted by Crippen LogP contribution is -2.29. The molecule has 0 aromatic heterocycles. The number of anilines is 1. The van der Waals surface area contributed by atoms with Crippen LogP contribution in [0.4, 0.5) is 5.69 Å². The Bertz CT molecular complexity index is 651. The Morgan fingerprint density at radius 3 is 2.35 bits per heavy atom. The summed E-state index contributed by atoms with van der Waals surface area (Å²) in [5, 5.41) is 2.95. The van der Waals surface area contributed by atoms with Crippen molar-refractivity contribution in [1.82, 2.24) is 5.32 Å². The summed E-state index contributed by atoms with van der Waals surface area (Å²) in [6.45, 7) is 2.48. The summed E-state index contributed by atoms with van der Waals surface area (Å²) in [4.78, 5) is 14.3. The number of aryl methyl sites for hydroxylation is 1. The highest BCUT2D eigenvalue weighted by Crippen LogP contribution is 2.20. The van der Waals surface area contributed by atoms with Crippen molar-refractivity contribution < 1.29 is 9.53 Å². The lowest BCUT2D eigenvalue weighted by atomic mass is 10.0. The van der Waals surface area contributed by atoms with Crippen molar-refractivity contribution in [3.8, 4) is 0 Å². The lowest BCUT2D eigenvalue weighted by molar-refractivity contribution is 0.0826. The zero-order valence-corrected chi connectivity index (χ0v) is 14.2. The Morgan fingerprint density at radius 1 is 1.13 bits per heavy atom. The average molecular weight is 312 g/mol. The molecular weight excluding hydrogens is 288 g/mol. The number of hydrogen-bond acceptors (Lipinski definition) is 3. The largest absolute Gasteiger partial charge is 0.378 e. The molecule has 0 aliphatic heterocycles. The number of benzene rings is 2. The van der Waals surface area contributed by atoms with Crippen molar-refractivity contribution >= 4 is 11.6 Å². The van der Waals surface area contributed by atoms with Crippen LogP contribution in [0.5, 0.6) is 0 Å². The van der Waals surface area contributed by atoms with Gasteiger partial charge in [-0.15, -0.1) is 0 Å². The lowest BCUT2D eigenvalue weighted by Gasteiger charge is -2.19. The first-order chi connectivity index (χ1) is 11.0. The molecule has 122 valence electrons. The van der Waals surface area contributed by atoms with Gasteiger partial charge >= 0.3 is 0 Å². The van der Waals surface area contributed by atoms with E-state index in [4.69, 9.17) is 4.74 Å². The summed E-state index contributed by atoms with van der Waals surface area (Å²) >= 11 is 0. The van der Waals surface area contributed by atoms with Crippen LogP contribution < -0.4 is 10.2 Å². The fraction of sp³-hybridized carbons (Fsp3) is 0.316. The van der Waals surface area contributed by atoms with Gasteiger partial charge in [0.25, 0.3) is 5.91 Å². The molecule has 0 aliphatic carbocycles. The molecule has 0 aliphatic rings. The third kappa shape index (κ3) is 4.33. The molecule has 4 heteroatoms. The molecule has 2 rings (SSSR count). The second-order valence-corrected chi connectivity index (χ2v) is 5.73. The number of amides is 1. The smallest absolute Gasteiger partial charge is 0.251 e. The van der Waals surface area contributed by atoms with Gasteiger partial charge in [-0.3, -0.25) is 4.79 Å². The van der Waals surface area contributed by atoms with Gasteiger partial charge in [0, 0.05) is 39.0 Å². The van der Waals surface area contributed by atoms with Gasteiger partial charge in [0.15, 0.2) is 0 Å². The topological polar surface area (TPSA) is 41.6 Å². The predicted molar refractivity (Wildman–Crippen MR) is 94.0 cm³/mol. The van der Waals surface area contributed by atoms with Crippen molar-refractivity contribution in [1.29, 1.82) is 0 Å². The first-order valence-electron chi connectivity index (χ1n) is 7.67. The number of carbonyl (C=O) groups excluding carboxylic acids is 1. The van der Waals surface area contributed by atoms with E-state index in [1.807, 2.05) is 74.4 Å². The molecule has 0 bridgehead atoms. The van der Waals surface area contributed by atoms with Crippen LogP contribution in [0.15, 0.2) is 48.5 Å². The molecule has 1 amide bonds. The van der Waals surface area contributed by atoms with E-state index < -0.39 is 0 Å². The van der Waals surface area contributed by atoms with Crippen LogP contribution in [-0.2, 0) is 4.74 Å². The third-order valence-corrected chi connectivity index (χ3v) is 3.91. The van der Waals surface area contributed by atoms with E-state index in [2.05, 4.69) is 5.32 Å². The van der Waals surface area contributed by atoms with Gasteiger partial charge in [-0.05, 0) is 42.3 Å². The average Bonchev–Trinajstić information content (AvgIpc) is 2.56. The molecule has 0 radical (unpaired) electrons. The Kier molecular flexibility index (Phi) is 5.77. The molecule has 2 aromatic rings. The third-order valence-electron chi connectivity index (χ3n) is 3.91. The second-order valence-electron chi connectivity index (χ2n) is 5.73. The molecule has 0 saturated carbocycles. The van der Waals surface area contributed by atoms with Crippen LogP contribution in [0.1, 0.15) is 27.6 Å². The Labute approximate surface area is 138 Å². The molecule has 0 heterocycles.